The van der Waals surface area contributed by atoms with Crippen molar-refractivity contribution in [3.63, 3.8) is 0 Å². The van der Waals surface area contributed by atoms with Gasteiger partial charge in [0.25, 0.3) is 0 Å². The highest BCUT2D eigenvalue weighted by molar-refractivity contribution is 7.89. The molecule has 174 valence electrons. The average Bonchev–Trinajstić information content (AvgIpc) is 3.42. The summed E-state index contributed by atoms with van der Waals surface area (Å²) in [5, 5.41) is 14.3. The molecule has 1 fully saturated rings. The number of ketones is 1. The maximum Gasteiger partial charge on any atom is 0.240 e. The van der Waals surface area contributed by atoms with Crippen molar-refractivity contribution in [1.82, 2.24) is 10.0 Å². The first-order valence-electron chi connectivity index (χ1n) is 11.1. The molecular formula is C25H34N2O4S. The van der Waals surface area contributed by atoms with Crippen LogP contribution in [0.1, 0.15) is 45.6 Å². The molecular weight excluding hydrogens is 424 g/mol. The standard InChI is InChI=1S/C25H34N2O4S/c1-17(2)15-19(27-32(30,31)20-13-9-6-10-14-20)16-26-25(3,4)24(29)22-21(23(22)28)18-11-7-5-8-12-18/h5-14,17,19,21-22,24,26-27,29H,15-16H2,1-4H3/t19-,21?,22?,24-/m1/s1. The van der Waals surface area contributed by atoms with E-state index in [2.05, 4.69) is 10.0 Å². The third kappa shape index (κ3) is 5.84. The summed E-state index contributed by atoms with van der Waals surface area (Å²) in [6.07, 6.45) is -0.245. The van der Waals surface area contributed by atoms with Crippen LogP contribution in [-0.4, -0.2) is 43.5 Å². The number of benzene rings is 2. The van der Waals surface area contributed by atoms with Crippen LogP contribution in [0.3, 0.4) is 0 Å². The fourth-order valence-electron chi connectivity index (χ4n) is 4.20. The van der Waals surface area contributed by atoms with Crippen molar-refractivity contribution in [3.8, 4) is 0 Å². The van der Waals surface area contributed by atoms with Gasteiger partial charge in [0.15, 0.2) is 0 Å². The summed E-state index contributed by atoms with van der Waals surface area (Å²) in [6, 6.07) is 17.4. The molecule has 1 aliphatic carbocycles. The van der Waals surface area contributed by atoms with Gasteiger partial charge < -0.3 is 10.4 Å². The number of hydrogen-bond acceptors (Lipinski definition) is 5. The summed E-state index contributed by atoms with van der Waals surface area (Å²) in [5.41, 5.74) is 0.155. The third-order valence-electron chi connectivity index (χ3n) is 6.06. The molecule has 1 aliphatic rings. The number of Topliss-reactive ketones (excluding diaryl/α,β-unsaturated/α-hetero) is 1. The Morgan fingerprint density at radius 2 is 1.56 bits per heavy atom. The van der Waals surface area contributed by atoms with Gasteiger partial charge in [0.2, 0.25) is 10.0 Å². The summed E-state index contributed by atoms with van der Waals surface area (Å²) in [7, 11) is -3.66. The van der Waals surface area contributed by atoms with Gasteiger partial charge in [0.05, 0.1) is 22.8 Å². The van der Waals surface area contributed by atoms with Crippen molar-refractivity contribution in [2.75, 3.05) is 6.54 Å². The highest BCUT2D eigenvalue weighted by Crippen LogP contribution is 2.47. The fourth-order valence-corrected chi connectivity index (χ4v) is 5.47. The second-order valence-corrected chi connectivity index (χ2v) is 11.3. The summed E-state index contributed by atoms with van der Waals surface area (Å²) >= 11 is 0. The molecule has 0 amide bonds. The van der Waals surface area contributed by atoms with Crippen LogP contribution in [0.2, 0.25) is 0 Å². The Bertz CT molecular complexity index is 1010. The lowest BCUT2D eigenvalue weighted by atomic mass is 9.91. The normalized spacial score (nSPS) is 20.9. The first-order chi connectivity index (χ1) is 15.0. The smallest absolute Gasteiger partial charge is 0.240 e. The molecule has 32 heavy (non-hydrogen) atoms. The lowest BCUT2D eigenvalue weighted by Crippen LogP contribution is -2.55. The van der Waals surface area contributed by atoms with Crippen LogP contribution in [0.5, 0.6) is 0 Å². The lowest BCUT2D eigenvalue weighted by Gasteiger charge is -2.34. The van der Waals surface area contributed by atoms with E-state index in [0.717, 1.165) is 5.56 Å². The molecule has 0 aliphatic heterocycles. The van der Waals surface area contributed by atoms with Gasteiger partial charge in [0, 0.05) is 18.1 Å². The zero-order chi connectivity index (χ0) is 23.5. The molecule has 0 bridgehead atoms. The Morgan fingerprint density at radius 1 is 1.00 bits per heavy atom. The van der Waals surface area contributed by atoms with Crippen LogP contribution in [0, 0.1) is 11.8 Å². The number of carbonyl (C=O) groups excluding carboxylic acids is 1. The summed E-state index contributed by atoms with van der Waals surface area (Å²) in [5.74, 6) is -0.414. The molecule has 2 aromatic rings. The van der Waals surface area contributed by atoms with E-state index >= 15 is 0 Å². The van der Waals surface area contributed by atoms with Crippen LogP contribution in [0.25, 0.3) is 0 Å². The molecule has 3 rings (SSSR count). The number of rotatable bonds is 11. The number of aliphatic hydroxyl groups excluding tert-OH is 1. The van der Waals surface area contributed by atoms with Gasteiger partial charge in [-0.25, -0.2) is 13.1 Å². The van der Waals surface area contributed by atoms with E-state index in [4.69, 9.17) is 0 Å². The summed E-state index contributed by atoms with van der Waals surface area (Å²) < 4.78 is 28.4. The van der Waals surface area contributed by atoms with Crippen LogP contribution >= 0.6 is 0 Å². The molecule has 0 heterocycles. The topological polar surface area (TPSA) is 95.5 Å². The highest BCUT2D eigenvalue weighted by atomic mass is 32.2. The van der Waals surface area contributed by atoms with Gasteiger partial charge in [-0.15, -0.1) is 0 Å². The van der Waals surface area contributed by atoms with E-state index in [0.29, 0.717) is 13.0 Å². The van der Waals surface area contributed by atoms with Gasteiger partial charge in [-0.2, -0.15) is 0 Å². The zero-order valence-electron chi connectivity index (χ0n) is 19.2. The third-order valence-corrected chi connectivity index (χ3v) is 7.60. The number of aliphatic hydroxyl groups is 1. The fraction of sp³-hybridized carbons (Fsp3) is 0.480. The van der Waals surface area contributed by atoms with E-state index in [1.54, 1.807) is 30.3 Å². The van der Waals surface area contributed by atoms with Gasteiger partial charge in [-0.1, -0.05) is 62.4 Å². The van der Waals surface area contributed by atoms with Crippen molar-refractivity contribution < 1.29 is 18.3 Å². The maximum absolute atomic E-state index is 12.8. The molecule has 2 unspecified atom stereocenters. The second kappa shape index (κ2) is 9.83. The number of nitrogens with one attached hydrogen (secondary N) is 2. The Labute approximate surface area is 191 Å². The van der Waals surface area contributed by atoms with Gasteiger partial charge in [-0.05, 0) is 43.9 Å². The van der Waals surface area contributed by atoms with Crippen LogP contribution in [0.4, 0.5) is 0 Å². The van der Waals surface area contributed by atoms with Crippen molar-refractivity contribution in [3.05, 3.63) is 66.2 Å². The monoisotopic (exact) mass is 458 g/mol. The molecule has 0 saturated heterocycles. The maximum atomic E-state index is 12.8. The predicted octanol–water partition coefficient (Wildman–Crippen LogP) is 3.09. The van der Waals surface area contributed by atoms with Crippen molar-refractivity contribution in [2.45, 2.75) is 62.6 Å². The molecule has 0 aromatic heterocycles. The van der Waals surface area contributed by atoms with Gasteiger partial charge in [0.1, 0.15) is 5.78 Å². The molecule has 2 aromatic carbocycles. The van der Waals surface area contributed by atoms with Crippen molar-refractivity contribution in [1.29, 1.82) is 0 Å². The second-order valence-electron chi connectivity index (χ2n) is 9.62. The minimum absolute atomic E-state index is 0.0436. The molecule has 0 spiro atoms. The van der Waals surface area contributed by atoms with E-state index in [-0.39, 0.29) is 28.6 Å². The van der Waals surface area contributed by atoms with Crippen molar-refractivity contribution >= 4 is 15.8 Å². The molecule has 7 heteroatoms. The Morgan fingerprint density at radius 3 is 2.12 bits per heavy atom. The zero-order valence-corrected chi connectivity index (χ0v) is 20.0. The predicted molar refractivity (Wildman–Crippen MR) is 126 cm³/mol. The highest BCUT2D eigenvalue weighted by Gasteiger charge is 2.57. The largest absolute Gasteiger partial charge is 0.390 e. The molecule has 1 saturated carbocycles. The van der Waals surface area contributed by atoms with E-state index in [9.17, 15) is 18.3 Å². The van der Waals surface area contributed by atoms with Crippen LogP contribution in [0.15, 0.2) is 65.6 Å². The SMILES string of the molecule is CC(C)C[C@H](CNC(C)(C)[C@H](O)C1C(=O)C1c1ccccc1)NS(=O)(=O)c1ccccc1. The van der Waals surface area contributed by atoms with Crippen LogP contribution < -0.4 is 10.0 Å². The molecule has 0 radical (unpaired) electrons. The average molecular weight is 459 g/mol. The quantitative estimate of drug-likeness (QED) is 0.481. The summed E-state index contributed by atoms with van der Waals surface area (Å²) in [6.45, 7) is 8.12. The Hall–Kier alpha value is -2.06. The molecule has 3 N–H and O–H groups in total. The van der Waals surface area contributed by atoms with E-state index in [1.807, 2.05) is 58.0 Å². The van der Waals surface area contributed by atoms with E-state index in [1.165, 1.54) is 0 Å². The minimum atomic E-state index is -3.66. The van der Waals surface area contributed by atoms with Gasteiger partial charge in [-0.3, -0.25) is 4.79 Å². The van der Waals surface area contributed by atoms with Crippen molar-refractivity contribution in [2.24, 2.45) is 11.8 Å². The minimum Gasteiger partial charge on any atom is -0.390 e. The first-order valence-corrected chi connectivity index (χ1v) is 12.6. The van der Waals surface area contributed by atoms with Gasteiger partial charge >= 0.3 is 0 Å². The Balaban J connectivity index is 1.66. The Kier molecular flexibility index (Phi) is 7.55. The molecule has 4 atom stereocenters. The first kappa shape index (κ1) is 24.6. The lowest BCUT2D eigenvalue weighted by molar-refractivity contribution is -0.113. The number of carbonyl (C=O) groups is 1. The number of sulfonamides is 1. The number of hydrogen-bond donors (Lipinski definition) is 3. The van der Waals surface area contributed by atoms with E-state index < -0.39 is 27.6 Å². The molecule has 6 nitrogen and oxygen atoms in total. The van der Waals surface area contributed by atoms with Crippen LogP contribution in [-0.2, 0) is 14.8 Å². The summed E-state index contributed by atoms with van der Waals surface area (Å²) in [4.78, 5) is 12.7.